The molecule has 19 heavy (non-hydrogen) atoms. The maximum Gasteiger partial charge on any atom is 0.229 e. The van der Waals surface area contributed by atoms with E-state index in [4.69, 9.17) is 4.52 Å². The highest BCUT2D eigenvalue weighted by Gasteiger charge is 2.25. The molecule has 1 N–H and O–H groups in total. The molecule has 0 unspecified atom stereocenters. The van der Waals surface area contributed by atoms with Crippen molar-refractivity contribution in [1.29, 1.82) is 0 Å². The summed E-state index contributed by atoms with van der Waals surface area (Å²) in [5.41, 5.74) is 1.13. The fraction of sp³-hybridized carbons (Fsp3) is 0.500. The van der Waals surface area contributed by atoms with Crippen LogP contribution in [0.5, 0.6) is 0 Å². The molecule has 1 aliphatic carbocycles. The number of rotatable bonds is 3. The predicted octanol–water partition coefficient (Wildman–Crippen LogP) is 2.07. The van der Waals surface area contributed by atoms with Crippen LogP contribution in [-0.4, -0.2) is 26.3 Å². The third-order valence-electron chi connectivity index (χ3n) is 3.64. The summed E-state index contributed by atoms with van der Waals surface area (Å²) in [6.07, 6.45) is 7.55. The Morgan fingerprint density at radius 1 is 1.16 bits per heavy atom. The summed E-state index contributed by atoms with van der Waals surface area (Å²) in [6.45, 7) is 0. The van der Waals surface area contributed by atoms with Gasteiger partial charge < -0.3 is 9.63 Å². The molecule has 2 aromatic heterocycles. The molecule has 0 bridgehead atoms. The first kappa shape index (κ1) is 12.3. The van der Waals surface area contributed by atoms with Crippen molar-refractivity contribution in [2.24, 2.45) is 0 Å². The van der Waals surface area contributed by atoms with Gasteiger partial charge in [0, 0.05) is 24.7 Å². The molecule has 0 aliphatic heterocycles. The maximum absolute atomic E-state index is 9.50. The second kappa shape index (κ2) is 5.48. The number of pyridine rings is 1. The van der Waals surface area contributed by atoms with Gasteiger partial charge in [-0.3, -0.25) is 4.98 Å². The van der Waals surface area contributed by atoms with Crippen LogP contribution < -0.4 is 0 Å². The summed E-state index contributed by atoms with van der Waals surface area (Å²) in [6, 6.07) is 3.90. The fourth-order valence-electron chi connectivity index (χ4n) is 2.51. The van der Waals surface area contributed by atoms with E-state index in [2.05, 4.69) is 15.1 Å². The third-order valence-corrected chi connectivity index (χ3v) is 3.64. The van der Waals surface area contributed by atoms with Crippen molar-refractivity contribution in [1.82, 2.24) is 15.1 Å². The lowest BCUT2D eigenvalue weighted by Crippen LogP contribution is -2.17. The lowest BCUT2D eigenvalue weighted by Gasteiger charge is -2.22. The van der Waals surface area contributed by atoms with Gasteiger partial charge >= 0.3 is 0 Å². The first-order valence-corrected chi connectivity index (χ1v) is 6.70. The molecule has 2 heterocycles. The van der Waals surface area contributed by atoms with Crippen molar-refractivity contribution < 1.29 is 9.63 Å². The standard InChI is InChI=1S/C14H17N3O2/c18-12-3-1-11(2-4-12)14-16-13(17-19-14)9-10-5-7-15-8-6-10/h5-8,11-12,18H,1-4,9H2. The van der Waals surface area contributed by atoms with Gasteiger partial charge in [-0.1, -0.05) is 5.16 Å². The second-order valence-electron chi connectivity index (χ2n) is 5.09. The summed E-state index contributed by atoms with van der Waals surface area (Å²) in [4.78, 5) is 8.46. The summed E-state index contributed by atoms with van der Waals surface area (Å²) >= 11 is 0. The summed E-state index contributed by atoms with van der Waals surface area (Å²) in [5, 5.41) is 13.5. The van der Waals surface area contributed by atoms with Crippen LogP contribution in [0.25, 0.3) is 0 Å². The molecule has 5 heteroatoms. The number of aromatic nitrogens is 3. The van der Waals surface area contributed by atoms with E-state index in [9.17, 15) is 5.11 Å². The molecule has 3 rings (SSSR count). The molecule has 100 valence electrons. The van der Waals surface area contributed by atoms with E-state index >= 15 is 0 Å². The molecule has 0 amide bonds. The van der Waals surface area contributed by atoms with Crippen LogP contribution in [0.2, 0.25) is 0 Å². The molecular weight excluding hydrogens is 242 g/mol. The largest absolute Gasteiger partial charge is 0.393 e. The Kier molecular flexibility index (Phi) is 3.55. The zero-order valence-electron chi connectivity index (χ0n) is 10.7. The van der Waals surface area contributed by atoms with Gasteiger partial charge in [-0.05, 0) is 43.4 Å². The van der Waals surface area contributed by atoms with E-state index in [1.54, 1.807) is 12.4 Å². The summed E-state index contributed by atoms with van der Waals surface area (Å²) in [5.74, 6) is 1.74. The minimum absolute atomic E-state index is 0.157. The Hall–Kier alpha value is -1.75. The van der Waals surface area contributed by atoms with Gasteiger partial charge in [-0.15, -0.1) is 0 Å². The van der Waals surface area contributed by atoms with Gasteiger partial charge in [0.2, 0.25) is 5.89 Å². The topological polar surface area (TPSA) is 72.0 Å². The van der Waals surface area contributed by atoms with Crippen LogP contribution in [0.4, 0.5) is 0 Å². The lowest BCUT2D eigenvalue weighted by molar-refractivity contribution is 0.116. The smallest absolute Gasteiger partial charge is 0.229 e. The van der Waals surface area contributed by atoms with Crippen molar-refractivity contribution in [2.45, 2.75) is 44.1 Å². The Balaban J connectivity index is 1.66. The van der Waals surface area contributed by atoms with Crippen LogP contribution >= 0.6 is 0 Å². The molecular formula is C14H17N3O2. The number of aliphatic hydroxyl groups is 1. The van der Waals surface area contributed by atoms with E-state index < -0.39 is 0 Å². The monoisotopic (exact) mass is 259 g/mol. The van der Waals surface area contributed by atoms with Gasteiger partial charge in [-0.25, -0.2) is 0 Å². The molecule has 1 aliphatic rings. The van der Waals surface area contributed by atoms with E-state index in [-0.39, 0.29) is 6.10 Å². The Morgan fingerprint density at radius 3 is 2.63 bits per heavy atom. The van der Waals surface area contributed by atoms with E-state index in [1.165, 1.54) is 0 Å². The zero-order chi connectivity index (χ0) is 13.1. The van der Waals surface area contributed by atoms with Crippen LogP contribution in [0, 0.1) is 0 Å². The first-order valence-electron chi connectivity index (χ1n) is 6.70. The highest BCUT2D eigenvalue weighted by molar-refractivity contribution is 5.15. The molecule has 0 atom stereocenters. The van der Waals surface area contributed by atoms with E-state index in [1.807, 2.05) is 12.1 Å². The molecule has 1 fully saturated rings. The quantitative estimate of drug-likeness (QED) is 0.913. The second-order valence-corrected chi connectivity index (χ2v) is 5.09. The maximum atomic E-state index is 9.50. The van der Waals surface area contributed by atoms with Crippen molar-refractivity contribution in [3.8, 4) is 0 Å². The highest BCUT2D eigenvalue weighted by Crippen LogP contribution is 2.31. The van der Waals surface area contributed by atoms with Gasteiger partial charge in [0.1, 0.15) is 0 Å². The normalized spacial score (nSPS) is 23.4. The van der Waals surface area contributed by atoms with Crippen LogP contribution in [0.1, 0.15) is 48.9 Å². The van der Waals surface area contributed by atoms with Gasteiger partial charge in [-0.2, -0.15) is 4.98 Å². The molecule has 0 saturated heterocycles. The fourth-order valence-corrected chi connectivity index (χ4v) is 2.51. The molecule has 0 aromatic carbocycles. The number of hydrogen-bond acceptors (Lipinski definition) is 5. The van der Waals surface area contributed by atoms with Gasteiger partial charge in [0.05, 0.1) is 6.10 Å². The summed E-state index contributed by atoms with van der Waals surface area (Å²) < 4.78 is 5.35. The average Bonchev–Trinajstić information content (AvgIpc) is 2.89. The van der Waals surface area contributed by atoms with Crippen LogP contribution in [0.3, 0.4) is 0 Å². The number of aliphatic hydroxyl groups excluding tert-OH is 1. The van der Waals surface area contributed by atoms with Crippen LogP contribution in [-0.2, 0) is 6.42 Å². The van der Waals surface area contributed by atoms with E-state index in [0.29, 0.717) is 18.2 Å². The zero-order valence-corrected chi connectivity index (χ0v) is 10.7. The third kappa shape index (κ3) is 2.98. The average molecular weight is 259 g/mol. The molecule has 0 spiro atoms. The lowest BCUT2D eigenvalue weighted by atomic mass is 9.87. The first-order chi connectivity index (χ1) is 9.31. The predicted molar refractivity (Wildman–Crippen MR) is 68.6 cm³/mol. The number of nitrogens with zero attached hydrogens (tertiary/aromatic N) is 3. The van der Waals surface area contributed by atoms with Crippen molar-refractivity contribution in [2.75, 3.05) is 0 Å². The van der Waals surface area contributed by atoms with Crippen molar-refractivity contribution in [3.63, 3.8) is 0 Å². The molecule has 2 aromatic rings. The van der Waals surface area contributed by atoms with Crippen LogP contribution in [0.15, 0.2) is 29.0 Å². The van der Waals surface area contributed by atoms with E-state index in [0.717, 1.165) is 37.1 Å². The van der Waals surface area contributed by atoms with Crippen molar-refractivity contribution >= 4 is 0 Å². The van der Waals surface area contributed by atoms with Gasteiger partial charge in [0.25, 0.3) is 0 Å². The van der Waals surface area contributed by atoms with Gasteiger partial charge in [0.15, 0.2) is 5.82 Å². The SMILES string of the molecule is OC1CCC(c2nc(Cc3ccncc3)no2)CC1. The summed E-state index contributed by atoms with van der Waals surface area (Å²) in [7, 11) is 0. The molecule has 1 saturated carbocycles. The highest BCUT2D eigenvalue weighted by atomic mass is 16.5. The number of hydrogen-bond donors (Lipinski definition) is 1. The Labute approximate surface area is 111 Å². The Morgan fingerprint density at radius 2 is 1.89 bits per heavy atom. The molecule has 5 nitrogen and oxygen atoms in total. The van der Waals surface area contributed by atoms with Crippen molar-refractivity contribution in [3.05, 3.63) is 41.8 Å². The molecule has 0 radical (unpaired) electrons. The minimum Gasteiger partial charge on any atom is -0.393 e. The minimum atomic E-state index is -0.157. The Bertz CT molecular complexity index is 518.